The van der Waals surface area contributed by atoms with Crippen molar-refractivity contribution in [2.45, 2.75) is 6.92 Å². The SMILES string of the molecule is CCOc1ccc2c(C=O)cnn2c1. The maximum Gasteiger partial charge on any atom is 0.153 e. The lowest BCUT2D eigenvalue weighted by atomic mass is 10.3. The summed E-state index contributed by atoms with van der Waals surface area (Å²) in [4.78, 5) is 10.6. The van der Waals surface area contributed by atoms with Gasteiger partial charge in [-0.3, -0.25) is 4.79 Å². The Labute approximate surface area is 81.1 Å². The highest BCUT2D eigenvalue weighted by molar-refractivity contribution is 5.85. The Morgan fingerprint density at radius 2 is 2.43 bits per heavy atom. The van der Waals surface area contributed by atoms with Crippen LogP contribution in [-0.4, -0.2) is 22.5 Å². The summed E-state index contributed by atoms with van der Waals surface area (Å²) < 4.78 is 6.94. The van der Waals surface area contributed by atoms with Crippen LogP contribution in [0, 0.1) is 0 Å². The van der Waals surface area contributed by atoms with Gasteiger partial charge in [-0.2, -0.15) is 5.10 Å². The van der Waals surface area contributed by atoms with Crippen LogP contribution in [0.5, 0.6) is 5.75 Å². The first-order valence-electron chi connectivity index (χ1n) is 4.40. The predicted molar refractivity (Wildman–Crippen MR) is 51.7 cm³/mol. The lowest BCUT2D eigenvalue weighted by Crippen LogP contribution is -1.94. The van der Waals surface area contributed by atoms with Crippen molar-refractivity contribution in [3.8, 4) is 5.75 Å². The molecule has 2 aromatic heterocycles. The van der Waals surface area contributed by atoms with E-state index in [9.17, 15) is 4.79 Å². The molecule has 0 N–H and O–H groups in total. The molecule has 0 aromatic carbocycles. The molecule has 0 amide bonds. The van der Waals surface area contributed by atoms with Crippen LogP contribution in [0.2, 0.25) is 0 Å². The summed E-state index contributed by atoms with van der Waals surface area (Å²) in [6.45, 7) is 2.54. The largest absolute Gasteiger partial charge is 0.492 e. The van der Waals surface area contributed by atoms with Gasteiger partial charge in [0.15, 0.2) is 6.29 Å². The first-order valence-corrected chi connectivity index (χ1v) is 4.40. The Hall–Kier alpha value is -1.84. The van der Waals surface area contributed by atoms with Gasteiger partial charge < -0.3 is 4.74 Å². The number of hydrogen-bond donors (Lipinski definition) is 0. The Balaban J connectivity index is 2.51. The number of hydrogen-bond acceptors (Lipinski definition) is 3. The average molecular weight is 190 g/mol. The van der Waals surface area contributed by atoms with Gasteiger partial charge in [-0.15, -0.1) is 0 Å². The van der Waals surface area contributed by atoms with E-state index in [2.05, 4.69) is 5.10 Å². The molecule has 0 atom stereocenters. The molecule has 0 radical (unpaired) electrons. The molecule has 0 aliphatic heterocycles. The molecule has 2 heterocycles. The van der Waals surface area contributed by atoms with Crippen molar-refractivity contribution < 1.29 is 9.53 Å². The summed E-state index contributed by atoms with van der Waals surface area (Å²) in [7, 11) is 0. The van der Waals surface area contributed by atoms with E-state index in [1.54, 1.807) is 10.7 Å². The molecule has 72 valence electrons. The van der Waals surface area contributed by atoms with Crippen LogP contribution in [0.15, 0.2) is 24.5 Å². The van der Waals surface area contributed by atoms with Crippen LogP contribution in [0.4, 0.5) is 0 Å². The van der Waals surface area contributed by atoms with Gasteiger partial charge in [0.25, 0.3) is 0 Å². The molecule has 4 heteroatoms. The maximum atomic E-state index is 10.6. The molecule has 0 bridgehead atoms. The van der Waals surface area contributed by atoms with Crippen LogP contribution in [0.3, 0.4) is 0 Å². The monoisotopic (exact) mass is 190 g/mol. The zero-order valence-corrected chi connectivity index (χ0v) is 7.80. The van der Waals surface area contributed by atoms with Crippen molar-refractivity contribution in [2.24, 2.45) is 0 Å². The van der Waals surface area contributed by atoms with E-state index in [4.69, 9.17) is 4.74 Å². The fourth-order valence-corrected chi connectivity index (χ4v) is 1.33. The summed E-state index contributed by atoms with van der Waals surface area (Å²) >= 11 is 0. The topological polar surface area (TPSA) is 43.6 Å². The Morgan fingerprint density at radius 1 is 1.57 bits per heavy atom. The number of aldehydes is 1. The molecular weight excluding hydrogens is 180 g/mol. The highest BCUT2D eigenvalue weighted by Gasteiger charge is 2.03. The first kappa shape index (κ1) is 8.74. The van der Waals surface area contributed by atoms with Crippen LogP contribution < -0.4 is 4.74 Å². The first-order chi connectivity index (χ1) is 6.85. The lowest BCUT2D eigenvalue weighted by molar-refractivity contribution is 0.112. The third kappa shape index (κ3) is 1.35. The second kappa shape index (κ2) is 3.49. The Bertz CT molecular complexity index is 462. The number of nitrogens with zero attached hydrogens (tertiary/aromatic N) is 2. The number of rotatable bonds is 3. The number of ether oxygens (including phenoxy) is 1. The molecule has 14 heavy (non-hydrogen) atoms. The lowest BCUT2D eigenvalue weighted by Gasteiger charge is -2.02. The van der Waals surface area contributed by atoms with E-state index in [1.807, 2.05) is 19.1 Å². The summed E-state index contributed by atoms with van der Waals surface area (Å²) in [5, 5.41) is 4.04. The van der Waals surface area contributed by atoms with Crippen molar-refractivity contribution >= 4 is 11.8 Å². The molecule has 0 aliphatic carbocycles. The number of aromatic nitrogens is 2. The quantitative estimate of drug-likeness (QED) is 0.689. The second-order valence-corrected chi connectivity index (χ2v) is 2.85. The summed E-state index contributed by atoms with van der Waals surface area (Å²) in [6, 6.07) is 3.65. The summed E-state index contributed by atoms with van der Waals surface area (Å²) in [5.41, 5.74) is 1.39. The minimum absolute atomic E-state index is 0.591. The second-order valence-electron chi connectivity index (χ2n) is 2.85. The molecule has 0 unspecified atom stereocenters. The number of carbonyl (C=O) groups is 1. The van der Waals surface area contributed by atoms with E-state index in [-0.39, 0.29) is 0 Å². The third-order valence-corrected chi connectivity index (χ3v) is 1.96. The van der Waals surface area contributed by atoms with Crippen molar-refractivity contribution in [1.29, 1.82) is 0 Å². The highest BCUT2D eigenvalue weighted by atomic mass is 16.5. The molecule has 0 saturated heterocycles. The smallest absolute Gasteiger partial charge is 0.153 e. The molecule has 4 nitrogen and oxygen atoms in total. The molecule has 2 rings (SSSR count). The minimum atomic E-state index is 0.591. The molecule has 0 spiro atoms. The molecular formula is C10H10N2O2. The van der Waals surface area contributed by atoms with Gasteiger partial charge in [-0.25, -0.2) is 4.52 Å². The Kier molecular flexibility index (Phi) is 2.18. The van der Waals surface area contributed by atoms with Gasteiger partial charge in [0, 0.05) is 0 Å². The van der Waals surface area contributed by atoms with Crippen LogP contribution in [0.1, 0.15) is 17.3 Å². The van der Waals surface area contributed by atoms with E-state index >= 15 is 0 Å². The standard InChI is InChI=1S/C10H10N2O2/c1-2-14-9-3-4-10-8(7-13)5-11-12(10)6-9/h3-7H,2H2,1H3. The molecule has 0 aliphatic rings. The fraction of sp³-hybridized carbons (Fsp3) is 0.200. The minimum Gasteiger partial charge on any atom is -0.492 e. The van der Waals surface area contributed by atoms with Crippen LogP contribution in [-0.2, 0) is 0 Å². The van der Waals surface area contributed by atoms with Crippen LogP contribution in [0.25, 0.3) is 5.52 Å². The zero-order valence-electron chi connectivity index (χ0n) is 7.80. The van der Waals surface area contributed by atoms with Crippen molar-refractivity contribution in [3.05, 3.63) is 30.1 Å². The molecule has 0 saturated carbocycles. The van der Waals surface area contributed by atoms with Gasteiger partial charge in [0.05, 0.1) is 30.1 Å². The van der Waals surface area contributed by atoms with E-state index in [1.165, 1.54) is 6.20 Å². The van der Waals surface area contributed by atoms with E-state index in [0.29, 0.717) is 12.2 Å². The zero-order chi connectivity index (χ0) is 9.97. The number of fused-ring (bicyclic) bond motifs is 1. The van der Waals surface area contributed by atoms with Crippen molar-refractivity contribution in [3.63, 3.8) is 0 Å². The number of carbonyl (C=O) groups excluding carboxylic acids is 1. The third-order valence-electron chi connectivity index (χ3n) is 1.96. The van der Waals surface area contributed by atoms with Crippen molar-refractivity contribution in [2.75, 3.05) is 6.61 Å². The normalized spacial score (nSPS) is 10.4. The molecule has 2 aromatic rings. The maximum absolute atomic E-state index is 10.6. The van der Waals surface area contributed by atoms with Gasteiger partial charge in [0.1, 0.15) is 5.75 Å². The van der Waals surface area contributed by atoms with Crippen LogP contribution >= 0.6 is 0 Å². The van der Waals surface area contributed by atoms with Crippen molar-refractivity contribution in [1.82, 2.24) is 9.61 Å². The summed E-state index contributed by atoms with van der Waals surface area (Å²) in [5.74, 6) is 0.751. The average Bonchev–Trinajstić information content (AvgIpc) is 2.60. The highest BCUT2D eigenvalue weighted by Crippen LogP contribution is 2.14. The van der Waals surface area contributed by atoms with Gasteiger partial charge >= 0.3 is 0 Å². The molecule has 0 fully saturated rings. The summed E-state index contributed by atoms with van der Waals surface area (Å²) in [6.07, 6.45) is 4.09. The van der Waals surface area contributed by atoms with E-state index < -0.39 is 0 Å². The number of pyridine rings is 1. The Morgan fingerprint density at radius 3 is 3.14 bits per heavy atom. The van der Waals surface area contributed by atoms with Gasteiger partial charge in [0.2, 0.25) is 0 Å². The van der Waals surface area contributed by atoms with E-state index in [0.717, 1.165) is 17.6 Å². The fourth-order valence-electron chi connectivity index (χ4n) is 1.33. The van der Waals surface area contributed by atoms with Gasteiger partial charge in [-0.1, -0.05) is 0 Å². The predicted octanol–water partition coefficient (Wildman–Crippen LogP) is 1.55. The van der Waals surface area contributed by atoms with Gasteiger partial charge in [-0.05, 0) is 19.1 Å².